The third kappa shape index (κ3) is 4.69. The molecular weight excluding hydrogens is 220 g/mol. The summed E-state index contributed by atoms with van der Waals surface area (Å²) in [5.74, 6) is -0.281. The van der Waals surface area contributed by atoms with Gasteiger partial charge >= 0.3 is 0 Å². The van der Waals surface area contributed by atoms with Crippen LogP contribution in [0.3, 0.4) is 0 Å². The van der Waals surface area contributed by atoms with E-state index in [1.165, 1.54) is 0 Å². The largest absolute Gasteiger partial charge is 0.344 e. The molecule has 0 bridgehead atoms. The predicted octanol–water partition coefficient (Wildman–Crippen LogP) is -0.919. The molecule has 0 aromatic carbocycles. The molecule has 0 unspecified atom stereocenters. The van der Waals surface area contributed by atoms with Crippen LogP contribution in [-0.4, -0.2) is 55.8 Å². The van der Waals surface area contributed by atoms with Crippen LogP contribution in [0.2, 0.25) is 0 Å². The van der Waals surface area contributed by atoms with E-state index in [1.54, 1.807) is 12.2 Å². The van der Waals surface area contributed by atoms with Crippen molar-refractivity contribution in [3.63, 3.8) is 0 Å². The number of nitrogens with zero attached hydrogens (tertiary/aromatic N) is 2. The van der Waals surface area contributed by atoms with Gasteiger partial charge in [0.25, 0.3) is 5.91 Å². The van der Waals surface area contributed by atoms with Crippen LogP contribution >= 0.6 is 0 Å². The quantitative estimate of drug-likeness (QED) is 0.586. The second kappa shape index (κ2) is 6.70. The number of rotatable bonds is 6. The van der Waals surface area contributed by atoms with Gasteiger partial charge in [-0.1, -0.05) is 0 Å². The number of carbonyl (C=O) groups excluding carboxylic acids is 2. The minimum atomic E-state index is -0.281. The van der Waals surface area contributed by atoms with Crippen LogP contribution in [0.5, 0.6) is 0 Å². The second-order valence-electron chi connectivity index (χ2n) is 3.91. The van der Waals surface area contributed by atoms with Gasteiger partial charge in [-0.2, -0.15) is 0 Å². The van der Waals surface area contributed by atoms with Gasteiger partial charge in [0.15, 0.2) is 0 Å². The Kier molecular flexibility index (Phi) is 5.22. The molecule has 1 aliphatic rings. The van der Waals surface area contributed by atoms with E-state index in [9.17, 15) is 9.59 Å². The van der Waals surface area contributed by atoms with E-state index in [4.69, 9.17) is 0 Å². The highest BCUT2D eigenvalue weighted by atomic mass is 16.2. The molecule has 6 nitrogen and oxygen atoms in total. The summed E-state index contributed by atoms with van der Waals surface area (Å²) in [6.07, 6.45) is 5.98. The lowest BCUT2D eigenvalue weighted by molar-refractivity contribution is -0.120. The van der Waals surface area contributed by atoms with Crippen molar-refractivity contribution >= 4 is 12.2 Å². The number of hydrogen-bond donors (Lipinski definition) is 2. The fourth-order valence-corrected chi connectivity index (χ4v) is 1.27. The zero-order valence-electron chi connectivity index (χ0n) is 10.1. The van der Waals surface area contributed by atoms with Gasteiger partial charge < -0.3 is 15.0 Å². The highest BCUT2D eigenvalue weighted by Crippen LogP contribution is 2.01. The molecule has 0 saturated carbocycles. The molecule has 0 fully saturated rings. The number of likely N-dealkylation sites (N-methyl/N-ethyl adjacent to an activating group) is 1. The van der Waals surface area contributed by atoms with Gasteiger partial charge in [0.2, 0.25) is 0 Å². The fraction of sp³-hybridized carbons (Fsp3) is 0.455. The van der Waals surface area contributed by atoms with Crippen molar-refractivity contribution in [3.05, 3.63) is 24.0 Å². The van der Waals surface area contributed by atoms with Gasteiger partial charge in [0, 0.05) is 12.7 Å². The maximum Gasteiger partial charge on any atom is 0.269 e. The smallest absolute Gasteiger partial charge is 0.269 e. The fourth-order valence-electron chi connectivity index (χ4n) is 1.27. The molecule has 0 atom stereocenters. The Morgan fingerprint density at radius 3 is 3.00 bits per heavy atom. The van der Waals surface area contributed by atoms with E-state index in [1.807, 2.05) is 25.3 Å². The Hall–Kier alpha value is -1.82. The van der Waals surface area contributed by atoms with E-state index < -0.39 is 0 Å². The lowest BCUT2D eigenvalue weighted by Crippen LogP contribution is -2.43. The number of amides is 1. The number of allylic oxidation sites excluding steroid dienone is 2. The van der Waals surface area contributed by atoms with E-state index in [-0.39, 0.29) is 12.5 Å². The third-order valence-corrected chi connectivity index (χ3v) is 2.17. The zero-order valence-corrected chi connectivity index (χ0v) is 10.1. The standard InChI is InChI=1S/C11H18N4O2/c1-14(2)7-8-15-6-3-4-10(13-15)11(17)12-5-9-16/h3-4,6,9,13H,5,7-8H2,1-2H3,(H,12,17). The van der Waals surface area contributed by atoms with E-state index in [0.29, 0.717) is 12.0 Å². The SMILES string of the molecule is CN(C)CCN1C=CC=C(C(=O)NCC=O)N1. The molecule has 1 aliphatic heterocycles. The van der Waals surface area contributed by atoms with E-state index in [0.717, 1.165) is 13.1 Å². The summed E-state index contributed by atoms with van der Waals surface area (Å²) >= 11 is 0. The second-order valence-corrected chi connectivity index (χ2v) is 3.91. The summed E-state index contributed by atoms with van der Waals surface area (Å²) in [6.45, 7) is 1.67. The molecule has 1 rings (SSSR count). The molecule has 0 saturated heterocycles. The average Bonchev–Trinajstić information content (AvgIpc) is 2.33. The normalized spacial score (nSPS) is 14.3. The average molecular weight is 238 g/mol. The van der Waals surface area contributed by atoms with Crippen LogP contribution < -0.4 is 10.7 Å². The third-order valence-electron chi connectivity index (χ3n) is 2.17. The number of nitrogens with one attached hydrogen (secondary N) is 2. The first-order chi connectivity index (χ1) is 8.13. The zero-order chi connectivity index (χ0) is 12.7. The topological polar surface area (TPSA) is 64.7 Å². The molecule has 1 heterocycles. The summed E-state index contributed by atoms with van der Waals surface area (Å²) < 4.78 is 0. The van der Waals surface area contributed by atoms with E-state index >= 15 is 0 Å². The molecule has 2 N–H and O–H groups in total. The number of hydrogen-bond acceptors (Lipinski definition) is 5. The first kappa shape index (κ1) is 13.2. The molecule has 0 spiro atoms. The van der Waals surface area contributed by atoms with Gasteiger partial charge in [0.05, 0.1) is 13.1 Å². The summed E-state index contributed by atoms with van der Waals surface area (Å²) in [4.78, 5) is 23.8. The highest BCUT2D eigenvalue weighted by Gasteiger charge is 2.12. The first-order valence-corrected chi connectivity index (χ1v) is 5.42. The Morgan fingerprint density at radius 1 is 1.59 bits per heavy atom. The molecule has 0 aliphatic carbocycles. The van der Waals surface area contributed by atoms with Crippen molar-refractivity contribution in [1.82, 2.24) is 20.7 Å². The van der Waals surface area contributed by atoms with Crippen molar-refractivity contribution < 1.29 is 9.59 Å². The van der Waals surface area contributed by atoms with Gasteiger partial charge in [-0.3, -0.25) is 15.2 Å². The van der Waals surface area contributed by atoms with Gasteiger partial charge in [0.1, 0.15) is 12.0 Å². The van der Waals surface area contributed by atoms with Gasteiger partial charge in [-0.25, -0.2) is 0 Å². The Labute approximate surface area is 101 Å². The lowest BCUT2D eigenvalue weighted by Gasteiger charge is -2.27. The molecule has 94 valence electrons. The number of hydrazine groups is 1. The molecular formula is C11H18N4O2. The number of aldehydes is 1. The molecule has 1 amide bonds. The maximum atomic E-state index is 11.6. The van der Waals surface area contributed by atoms with Crippen molar-refractivity contribution in [2.75, 3.05) is 33.7 Å². The van der Waals surface area contributed by atoms with Crippen molar-refractivity contribution in [3.8, 4) is 0 Å². The van der Waals surface area contributed by atoms with Crippen LogP contribution in [0.25, 0.3) is 0 Å². The molecule has 0 aromatic heterocycles. The number of carbonyl (C=O) groups is 2. The minimum absolute atomic E-state index is 0.0270. The summed E-state index contributed by atoms with van der Waals surface area (Å²) in [5, 5.41) is 4.31. The first-order valence-electron chi connectivity index (χ1n) is 5.42. The molecule has 0 aromatic rings. The van der Waals surface area contributed by atoms with Crippen molar-refractivity contribution in [2.45, 2.75) is 0 Å². The summed E-state index contributed by atoms with van der Waals surface area (Å²) in [7, 11) is 3.97. The van der Waals surface area contributed by atoms with Crippen LogP contribution in [-0.2, 0) is 9.59 Å². The van der Waals surface area contributed by atoms with Gasteiger partial charge in [-0.15, -0.1) is 0 Å². The predicted molar refractivity (Wildman–Crippen MR) is 64.7 cm³/mol. The van der Waals surface area contributed by atoms with Gasteiger partial charge in [-0.05, 0) is 26.2 Å². The lowest BCUT2D eigenvalue weighted by atomic mass is 10.3. The van der Waals surface area contributed by atoms with Crippen LogP contribution in [0.1, 0.15) is 0 Å². The Morgan fingerprint density at radius 2 is 2.35 bits per heavy atom. The summed E-state index contributed by atoms with van der Waals surface area (Å²) in [5.41, 5.74) is 3.41. The highest BCUT2D eigenvalue weighted by molar-refractivity contribution is 5.94. The Bertz CT molecular complexity index is 336. The van der Waals surface area contributed by atoms with Crippen molar-refractivity contribution in [1.29, 1.82) is 0 Å². The monoisotopic (exact) mass is 238 g/mol. The molecule has 6 heteroatoms. The minimum Gasteiger partial charge on any atom is -0.344 e. The summed E-state index contributed by atoms with van der Waals surface area (Å²) in [6, 6.07) is 0. The molecule has 17 heavy (non-hydrogen) atoms. The van der Waals surface area contributed by atoms with Crippen LogP contribution in [0, 0.1) is 0 Å². The molecule has 0 radical (unpaired) electrons. The van der Waals surface area contributed by atoms with Crippen LogP contribution in [0.4, 0.5) is 0 Å². The Balaban J connectivity index is 2.43. The van der Waals surface area contributed by atoms with Crippen LogP contribution in [0.15, 0.2) is 24.0 Å². The van der Waals surface area contributed by atoms with E-state index in [2.05, 4.69) is 15.6 Å². The van der Waals surface area contributed by atoms with Crippen molar-refractivity contribution in [2.24, 2.45) is 0 Å². The maximum absolute atomic E-state index is 11.6.